The van der Waals surface area contributed by atoms with E-state index in [1.165, 1.54) is 6.07 Å². The minimum absolute atomic E-state index is 0.146. The van der Waals surface area contributed by atoms with Crippen LogP contribution in [0.2, 0.25) is 0 Å². The van der Waals surface area contributed by atoms with Gasteiger partial charge < -0.3 is 10.5 Å². The Bertz CT molecular complexity index is 617. The van der Waals surface area contributed by atoms with Gasteiger partial charge in [0, 0.05) is 16.1 Å². The van der Waals surface area contributed by atoms with Gasteiger partial charge in [0.1, 0.15) is 12.4 Å². The molecule has 1 atom stereocenters. The lowest BCUT2D eigenvalue weighted by Crippen LogP contribution is -2.08. The molecule has 0 aliphatic carbocycles. The standard InChI is InChI=1S/C15H14BrF2NO/c1-9(19)12-4-3-11(16)7-15(12)20-8-10-2-5-13(17)14(18)6-10/h2-7,9H,8,19H2,1H3/t9-/m1/s1. The van der Waals surface area contributed by atoms with E-state index in [2.05, 4.69) is 15.9 Å². The third-order valence-corrected chi connectivity index (χ3v) is 3.34. The predicted molar refractivity (Wildman–Crippen MR) is 77.4 cm³/mol. The first-order valence-corrected chi connectivity index (χ1v) is 6.88. The maximum absolute atomic E-state index is 13.1. The molecule has 5 heteroatoms. The van der Waals surface area contributed by atoms with E-state index in [9.17, 15) is 8.78 Å². The first kappa shape index (κ1) is 14.9. The topological polar surface area (TPSA) is 35.2 Å². The highest BCUT2D eigenvalue weighted by molar-refractivity contribution is 9.10. The largest absolute Gasteiger partial charge is 0.489 e. The maximum atomic E-state index is 13.1. The molecular formula is C15H14BrF2NO. The SMILES string of the molecule is C[C@@H](N)c1ccc(Br)cc1OCc1ccc(F)c(F)c1. The number of rotatable bonds is 4. The van der Waals surface area contributed by atoms with Crippen molar-refractivity contribution >= 4 is 15.9 Å². The molecule has 2 aromatic carbocycles. The number of ether oxygens (including phenoxy) is 1. The zero-order chi connectivity index (χ0) is 14.7. The molecule has 0 unspecified atom stereocenters. The fourth-order valence-electron chi connectivity index (χ4n) is 1.80. The zero-order valence-corrected chi connectivity index (χ0v) is 12.5. The molecule has 20 heavy (non-hydrogen) atoms. The Kier molecular flexibility index (Phi) is 4.73. The quantitative estimate of drug-likeness (QED) is 0.898. The Morgan fingerprint density at radius 3 is 2.55 bits per heavy atom. The molecule has 2 aromatic rings. The Morgan fingerprint density at radius 1 is 1.15 bits per heavy atom. The van der Waals surface area contributed by atoms with Crippen molar-refractivity contribution in [3.63, 3.8) is 0 Å². The van der Waals surface area contributed by atoms with Crippen molar-refractivity contribution in [1.82, 2.24) is 0 Å². The van der Waals surface area contributed by atoms with Crippen molar-refractivity contribution in [2.45, 2.75) is 19.6 Å². The number of hydrogen-bond donors (Lipinski definition) is 1. The Labute approximate surface area is 124 Å². The molecule has 0 saturated carbocycles. The van der Waals surface area contributed by atoms with E-state index in [0.717, 1.165) is 22.2 Å². The molecule has 0 fully saturated rings. The molecule has 2 N–H and O–H groups in total. The molecule has 106 valence electrons. The molecule has 0 radical (unpaired) electrons. The summed E-state index contributed by atoms with van der Waals surface area (Å²) < 4.78 is 32.5. The molecule has 0 spiro atoms. The summed E-state index contributed by atoms with van der Waals surface area (Å²) >= 11 is 3.36. The van der Waals surface area contributed by atoms with E-state index in [-0.39, 0.29) is 12.6 Å². The van der Waals surface area contributed by atoms with Gasteiger partial charge in [0.05, 0.1) is 0 Å². The third kappa shape index (κ3) is 3.55. The first-order valence-electron chi connectivity index (χ1n) is 6.09. The van der Waals surface area contributed by atoms with Crippen molar-refractivity contribution in [2.75, 3.05) is 0 Å². The Hall–Kier alpha value is -1.46. The number of nitrogens with two attached hydrogens (primary N) is 1. The van der Waals surface area contributed by atoms with E-state index in [4.69, 9.17) is 10.5 Å². The first-order chi connectivity index (χ1) is 9.47. The molecule has 0 heterocycles. The minimum Gasteiger partial charge on any atom is -0.489 e. The maximum Gasteiger partial charge on any atom is 0.159 e. The Balaban J connectivity index is 2.17. The normalized spacial score (nSPS) is 12.2. The van der Waals surface area contributed by atoms with Crippen molar-refractivity contribution in [3.8, 4) is 5.75 Å². The van der Waals surface area contributed by atoms with Gasteiger partial charge in [0.15, 0.2) is 11.6 Å². The molecule has 2 nitrogen and oxygen atoms in total. The van der Waals surface area contributed by atoms with Gasteiger partial charge in [-0.1, -0.05) is 28.1 Å². The van der Waals surface area contributed by atoms with E-state index in [0.29, 0.717) is 11.3 Å². The van der Waals surface area contributed by atoms with E-state index in [1.54, 1.807) is 6.07 Å². The lowest BCUT2D eigenvalue weighted by atomic mass is 10.1. The second-order valence-corrected chi connectivity index (χ2v) is 5.42. The number of hydrogen-bond acceptors (Lipinski definition) is 2. The summed E-state index contributed by atoms with van der Waals surface area (Å²) in [6, 6.07) is 9.07. The van der Waals surface area contributed by atoms with Crippen LogP contribution in [0.3, 0.4) is 0 Å². The number of benzene rings is 2. The highest BCUT2D eigenvalue weighted by Gasteiger charge is 2.10. The summed E-state index contributed by atoms with van der Waals surface area (Å²) in [4.78, 5) is 0. The van der Waals surface area contributed by atoms with Crippen LogP contribution in [0.4, 0.5) is 8.78 Å². The van der Waals surface area contributed by atoms with Crippen LogP contribution in [0.5, 0.6) is 5.75 Å². The molecule has 2 rings (SSSR count). The van der Waals surface area contributed by atoms with Crippen molar-refractivity contribution in [1.29, 1.82) is 0 Å². The van der Waals surface area contributed by atoms with Gasteiger partial charge in [0.2, 0.25) is 0 Å². The minimum atomic E-state index is -0.882. The van der Waals surface area contributed by atoms with Crippen LogP contribution in [-0.2, 0) is 6.61 Å². The van der Waals surface area contributed by atoms with Crippen molar-refractivity contribution in [3.05, 3.63) is 63.6 Å². The molecule has 0 aliphatic heterocycles. The third-order valence-electron chi connectivity index (χ3n) is 2.84. The summed E-state index contributed by atoms with van der Waals surface area (Å²) in [5.41, 5.74) is 7.28. The van der Waals surface area contributed by atoms with Gasteiger partial charge in [-0.25, -0.2) is 8.78 Å². The average molecular weight is 342 g/mol. The van der Waals surface area contributed by atoms with Crippen molar-refractivity contribution in [2.24, 2.45) is 5.73 Å². The van der Waals surface area contributed by atoms with E-state index in [1.807, 2.05) is 19.1 Å². The second kappa shape index (κ2) is 6.33. The van der Waals surface area contributed by atoms with E-state index < -0.39 is 11.6 Å². The summed E-state index contributed by atoms with van der Waals surface area (Å²) in [7, 11) is 0. The van der Waals surface area contributed by atoms with Gasteiger partial charge in [-0.05, 0) is 36.8 Å². The van der Waals surface area contributed by atoms with Crippen LogP contribution in [0, 0.1) is 11.6 Å². The smallest absolute Gasteiger partial charge is 0.159 e. The second-order valence-electron chi connectivity index (χ2n) is 4.51. The molecule has 0 aromatic heterocycles. The average Bonchev–Trinajstić information content (AvgIpc) is 2.40. The van der Waals surface area contributed by atoms with Crippen molar-refractivity contribution < 1.29 is 13.5 Å². The molecule has 0 amide bonds. The zero-order valence-electron chi connectivity index (χ0n) is 10.9. The number of halogens is 3. The summed E-state index contributed by atoms with van der Waals surface area (Å²) in [5, 5.41) is 0. The van der Waals surface area contributed by atoms with Crippen LogP contribution >= 0.6 is 15.9 Å². The highest BCUT2D eigenvalue weighted by Crippen LogP contribution is 2.28. The summed E-state index contributed by atoms with van der Waals surface area (Å²) in [6.07, 6.45) is 0. The van der Waals surface area contributed by atoms with Gasteiger partial charge >= 0.3 is 0 Å². The Morgan fingerprint density at radius 2 is 1.90 bits per heavy atom. The van der Waals surface area contributed by atoms with Gasteiger partial charge in [0.25, 0.3) is 0 Å². The lowest BCUT2D eigenvalue weighted by Gasteiger charge is -2.14. The van der Waals surface area contributed by atoms with Gasteiger partial charge in [-0.3, -0.25) is 0 Å². The predicted octanol–water partition coefficient (Wildman–Crippen LogP) is 4.33. The summed E-state index contributed by atoms with van der Waals surface area (Å²) in [6.45, 7) is 2.00. The molecule has 0 saturated heterocycles. The monoisotopic (exact) mass is 341 g/mol. The molecule has 0 bridgehead atoms. The van der Waals surface area contributed by atoms with Gasteiger partial charge in [-0.15, -0.1) is 0 Å². The van der Waals surface area contributed by atoms with Gasteiger partial charge in [-0.2, -0.15) is 0 Å². The lowest BCUT2D eigenvalue weighted by molar-refractivity contribution is 0.300. The fourth-order valence-corrected chi connectivity index (χ4v) is 2.14. The fraction of sp³-hybridized carbons (Fsp3) is 0.200. The van der Waals surface area contributed by atoms with Crippen LogP contribution in [0.25, 0.3) is 0 Å². The molecular weight excluding hydrogens is 328 g/mol. The van der Waals surface area contributed by atoms with Crippen LogP contribution in [-0.4, -0.2) is 0 Å². The van der Waals surface area contributed by atoms with Crippen LogP contribution < -0.4 is 10.5 Å². The molecule has 0 aliphatic rings. The van der Waals surface area contributed by atoms with Crippen LogP contribution in [0.1, 0.15) is 24.1 Å². The highest BCUT2D eigenvalue weighted by atomic mass is 79.9. The van der Waals surface area contributed by atoms with E-state index >= 15 is 0 Å². The van der Waals surface area contributed by atoms with Crippen LogP contribution in [0.15, 0.2) is 40.9 Å². The summed E-state index contributed by atoms with van der Waals surface area (Å²) in [5.74, 6) is -1.13.